The lowest BCUT2D eigenvalue weighted by atomic mass is 9.99. The van der Waals surface area contributed by atoms with Crippen LogP contribution in [0.25, 0.3) is 11.0 Å². The molecule has 34 heavy (non-hydrogen) atoms. The first-order valence-corrected chi connectivity index (χ1v) is 11.4. The minimum absolute atomic E-state index is 0.0170. The molecule has 1 aliphatic carbocycles. The average Bonchev–Trinajstić information content (AvgIpc) is 3.64. The van der Waals surface area contributed by atoms with Gasteiger partial charge in [-0.15, -0.1) is 0 Å². The van der Waals surface area contributed by atoms with Crippen molar-refractivity contribution in [1.82, 2.24) is 25.2 Å². The minimum atomic E-state index is -0.839. The van der Waals surface area contributed by atoms with Gasteiger partial charge in [0.2, 0.25) is 0 Å². The Balaban J connectivity index is 1.23. The maximum Gasteiger partial charge on any atom is 0.270 e. The summed E-state index contributed by atoms with van der Waals surface area (Å²) in [6.45, 7) is 4.48. The molecule has 1 amide bonds. The van der Waals surface area contributed by atoms with Gasteiger partial charge in [-0.1, -0.05) is 6.92 Å². The van der Waals surface area contributed by atoms with Crippen LogP contribution >= 0.6 is 0 Å². The Kier molecular flexibility index (Phi) is 5.76. The highest BCUT2D eigenvalue weighted by atomic mass is 19.1. The molecule has 2 atom stereocenters. The van der Waals surface area contributed by atoms with Gasteiger partial charge in [0, 0.05) is 42.5 Å². The number of likely N-dealkylation sites (tertiary alicyclic amines) is 1. The largest absolute Gasteiger partial charge is 0.483 e. The Morgan fingerprint density at radius 3 is 2.76 bits per heavy atom. The van der Waals surface area contributed by atoms with Crippen LogP contribution in [0.15, 0.2) is 29.2 Å². The first-order chi connectivity index (χ1) is 16.3. The van der Waals surface area contributed by atoms with Gasteiger partial charge in [-0.2, -0.15) is 4.39 Å². The first kappa shape index (κ1) is 22.4. The second-order valence-electron chi connectivity index (χ2n) is 8.89. The molecule has 5 rings (SSSR count). The monoisotopic (exact) mass is 469 g/mol. The van der Waals surface area contributed by atoms with Crippen molar-refractivity contribution >= 4 is 16.9 Å². The summed E-state index contributed by atoms with van der Waals surface area (Å²) in [5, 5.41) is 2.77. The number of aryl methyl sites for hydroxylation is 1. The van der Waals surface area contributed by atoms with E-state index in [-0.39, 0.29) is 47.3 Å². The van der Waals surface area contributed by atoms with Crippen molar-refractivity contribution in [2.45, 2.75) is 57.8 Å². The molecule has 2 N–H and O–H groups in total. The van der Waals surface area contributed by atoms with Crippen LogP contribution in [0.4, 0.5) is 8.78 Å². The molecule has 3 aromatic rings. The molecule has 0 spiro atoms. The predicted octanol–water partition coefficient (Wildman–Crippen LogP) is 2.70. The zero-order chi connectivity index (χ0) is 24.0. The summed E-state index contributed by atoms with van der Waals surface area (Å²) in [4.78, 5) is 36.7. The Morgan fingerprint density at radius 1 is 1.29 bits per heavy atom. The van der Waals surface area contributed by atoms with Crippen LogP contribution in [0.5, 0.6) is 5.75 Å². The van der Waals surface area contributed by atoms with Crippen molar-refractivity contribution in [2.24, 2.45) is 0 Å². The van der Waals surface area contributed by atoms with Crippen molar-refractivity contribution < 1.29 is 18.3 Å². The van der Waals surface area contributed by atoms with Crippen LogP contribution in [-0.4, -0.2) is 50.5 Å². The van der Waals surface area contributed by atoms with E-state index in [9.17, 15) is 14.0 Å². The van der Waals surface area contributed by atoms with Crippen LogP contribution in [0, 0.1) is 11.8 Å². The van der Waals surface area contributed by atoms with Gasteiger partial charge in [-0.3, -0.25) is 19.5 Å². The Bertz CT molecular complexity index is 1320. The van der Waals surface area contributed by atoms with Gasteiger partial charge < -0.3 is 15.0 Å². The number of carbonyl (C=O) groups excluding carboxylic acids is 1. The van der Waals surface area contributed by atoms with Crippen LogP contribution in [0.2, 0.25) is 0 Å². The van der Waals surface area contributed by atoms with Crippen LogP contribution in [-0.2, 0) is 13.0 Å². The van der Waals surface area contributed by atoms with Gasteiger partial charge >= 0.3 is 0 Å². The molecular formula is C24H25F2N5O3. The zero-order valence-corrected chi connectivity index (χ0v) is 18.9. The van der Waals surface area contributed by atoms with E-state index in [1.54, 1.807) is 6.07 Å². The Morgan fingerprint density at radius 2 is 2.09 bits per heavy atom. The van der Waals surface area contributed by atoms with Crippen LogP contribution < -0.4 is 15.6 Å². The maximum absolute atomic E-state index is 15.1. The number of hydrogen-bond donors (Lipinski definition) is 2. The number of pyridine rings is 3. The lowest BCUT2D eigenvalue weighted by molar-refractivity contribution is -0.0437. The van der Waals surface area contributed by atoms with Gasteiger partial charge in [0.05, 0.1) is 5.52 Å². The van der Waals surface area contributed by atoms with E-state index in [1.165, 1.54) is 18.3 Å². The molecule has 2 fully saturated rings. The number of aromatic amines is 1. The summed E-state index contributed by atoms with van der Waals surface area (Å²) in [5.41, 5.74) is 1.12. The Hall–Kier alpha value is -3.40. The average molecular weight is 469 g/mol. The zero-order valence-electron chi connectivity index (χ0n) is 18.9. The SMILES string of the molecule is CCc1cc2ncc(CN3CC(Oc4ccc(C(=O)NC5CC5)nc4F)C3C)c(F)c2[nH]c1=O. The second kappa shape index (κ2) is 8.75. The molecule has 10 heteroatoms. The minimum Gasteiger partial charge on any atom is -0.483 e. The number of nitrogens with one attached hydrogen (secondary N) is 2. The highest BCUT2D eigenvalue weighted by Gasteiger charge is 2.38. The molecule has 2 aliphatic rings. The van der Waals surface area contributed by atoms with Gasteiger partial charge in [-0.05, 0) is 44.4 Å². The van der Waals surface area contributed by atoms with Crippen LogP contribution in [0.3, 0.4) is 0 Å². The summed E-state index contributed by atoms with van der Waals surface area (Å²) in [6.07, 6.45) is 3.57. The Labute approximate surface area is 194 Å². The number of aromatic nitrogens is 3. The number of halogens is 2. The molecule has 3 aromatic heterocycles. The number of rotatable bonds is 7. The predicted molar refractivity (Wildman–Crippen MR) is 121 cm³/mol. The fraction of sp³-hybridized carbons (Fsp3) is 0.417. The second-order valence-corrected chi connectivity index (χ2v) is 8.89. The van der Waals surface area contributed by atoms with Crippen molar-refractivity contribution in [3.8, 4) is 5.75 Å². The van der Waals surface area contributed by atoms with E-state index in [2.05, 4.69) is 20.3 Å². The molecule has 0 radical (unpaired) electrons. The van der Waals surface area contributed by atoms with E-state index >= 15 is 4.39 Å². The topological polar surface area (TPSA) is 100 Å². The van der Waals surface area contributed by atoms with E-state index in [0.717, 1.165) is 12.8 Å². The number of H-pyrrole nitrogens is 1. The van der Waals surface area contributed by atoms with Gasteiger partial charge in [0.1, 0.15) is 17.3 Å². The molecule has 8 nitrogen and oxygen atoms in total. The molecular weight excluding hydrogens is 444 g/mol. The molecule has 2 unspecified atom stereocenters. The number of fused-ring (bicyclic) bond motifs is 1. The molecule has 0 bridgehead atoms. The fourth-order valence-corrected chi connectivity index (χ4v) is 4.06. The lowest BCUT2D eigenvalue weighted by Gasteiger charge is -2.45. The summed E-state index contributed by atoms with van der Waals surface area (Å²) < 4.78 is 35.2. The molecule has 1 saturated carbocycles. The number of hydrogen-bond acceptors (Lipinski definition) is 6. The quantitative estimate of drug-likeness (QED) is 0.516. The molecule has 4 heterocycles. The third-order valence-corrected chi connectivity index (χ3v) is 6.48. The number of amides is 1. The van der Waals surface area contributed by atoms with Gasteiger partial charge in [-0.25, -0.2) is 9.37 Å². The summed E-state index contributed by atoms with van der Waals surface area (Å²) in [7, 11) is 0. The number of carbonyl (C=O) groups is 1. The third kappa shape index (κ3) is 4.25. The fourth-order valence-electron chi connectivity index (χ4n) is 4.06. The van der Waals surface area contributed by atoms with Crippen molar-refractivity contribution in [1.29, 1.82) is 0 Å². The smallest absolute Gasteiger partial charge is 0.270 e. The van der Waals surface area contributed by atoms with Crippen molar-refractivity contribution in [3.63, 3.8) is 0 Å². The maximum atomic E-state index is 15.1. The van der Waals surface area contributed by atoms with Crippen molar-refractivity contribution in [3.05, 3.63) is 63.3 Å². The summed E-state index contributed by atoms with van der Waals surface area (Å²) in [5.74, 6) is -1.76. The normalized spacial score (nSPS) is 20.2. The van der Waals surface area contributed by atoms with Crippen LogP contribution in [0.1, 0.15) is 48.3 Å². The van der Waals surface area contributed by atoms with E-state index < -0.39 is 17.7 Å². The lowest BCUT2D eigenvalue weighted by Crippen LogP contribution is -2.60. The first-order valence-electron chi connectivity index (χ1n) is 11.4. The highest BCUT2D eigenvalue weighted by molar-refractivity contribution is 5.92. The van der Waals surface area contributed by atoms with E-state index in [1.807, 2.05) is 18.7 Å². The molecule has 0 aromatic carbocycles. The summed E-state index contributed by atoms with van der Waals surface area (Å²) in [6, 6.07) is 4.51. The van der Waals surface area contributed by atoms with Gasteiger partial charge in [0.25, 0.3) is 17.4 Å². The van der Waals surface area contributed by atoms with E-state index in [0.29, 0.717) is 29.6 Å². The number of ether oxygens (including phenoxy) is 1. The standard InChI is InChI=1S/C24H25F2N5O3/c1-3-13-8-17-21(30-23(13)32)20(25)14(9-27-17)10-31-11-19(12(31)2)34-18-7-6-16(29-22(18)26)24(33)28-15-4-5-15/h6-9,12,15,19H,3-5,10-11H2,1-2H3,(H,28,33)(H,30,32). The number of nitrogens with zero attached hydrogens (tertiary/aromatic N) is 3. The molecule has 1 aliphatic heterocycles. The highest BCUT2D eigenvalue weighted by Crippen LogP contribution is 2.28. The van der Waals surface area contributed by atoms with Crippen molar-refractivity contribution in [2.75, 3.05) is 6.54 Å². The molecule has 178 valence electrons. The van der Waals surface area contributed by atoms with Gasteiger partial charge in [0.15, 0.2) is 11.6 Å². The molecule has 1 saturated heterocycles. The van der Waals surface area contributed by atoms with E-state index in [4.69, 9.17) is 4.74 Å². The summed E-state index contributed by atoms with van der Waals surface area (Å²) >= 11 is 0. The third-order valence-electron chi connectivity index (χ3n) is 6.48.